The molecule has 0 aliphatic rings. The molecule has 0 saturated heterocycles. The smallest absolute Gasteiger partial charge is 0.236 e. The highest BCUT2D eigenvalue weighted by Gasteiger charge is 2.11. The summed E-state index contributed by atoms with van der Waals surface area (Å²) in [6.07, 6.45) is 5.46. The van der Waals surface area contributed by atoms with Crippen molar-refractivity contribution in [1.82, 2.24) is 19.3 Å². The topological polar surface area (TPSA) is 64.7 Å². The fourth-order valence-electron chi connectivity index (χ4n) is 2.35. The Morgan fingerprint density at radius 3 is 2.83 bits per heavy atom. The molecule has 0 bridgehead atoms. The van der Waals surface area contributed by atoms with E-state index in [1.54, 1.807) is 23.1 Å². The molecule has 3 rings (SSSR count). The second-order valence-corrected chi connectivity index (χ2v) is 6.52. The second-order valence-electron chi connectivity index (χ2n) is 5.58. The summed E-state index contributed by atoms with van der Waals surface area (Å²) in [5, 5.41) is 7.70. The molecule has 0 spiro atoms. The van der Waals surface area contributed by atoms with Gasteiger partial charge >= 0.3 is 0 Å². The molecule has 0 saturated carbocycles. The molecule has 1 aromatic carbocycles. The Balaban J connectivity index is 1.69. The van der Waals surface area contributed by atoms with Gasteiger partial charge in [-0.3, -0.25) is 14.0 Å². The summed E-state index contributed by atoms with van der Waals surface area (Å²) in [6.45, 7) is 4.13. The molecule has 0 fully saturated rings. The van der Waals surface area contributed by atoms with Crippen LogP contribution in [0.1, 0.15) is 11.1 Å². The lowest BCUT2D eigenvalue weighted by Crippen LogP contribution is -2.15. The van der Waals surface area contributed by atoms with Gasteiger partial charge in [0.25, 0.3) is 0 Å². The lowest BCUT2D eigenvalue weighted by atomic mass is 10.1. The summed E-state index contributed by atoms with van der Waals surface area (Å²) >= 11 is 1.40. The van der Waals surface area contributed by atoms with E-state index in [9.17, 15) is 4.79 Å². The largest absolute Gasteiger partial charge is 0.308 e. The molecule has 6 nitrogen and oxygen atoms in total. The number of rotatable bonds is 5. The number of nitrogens with one attached hydrogen (secondary N) is 1. The second kappa shape index (κ2) is 6.92. The Labute approximate surface area is 144 Å². The highest BCUT2D eigenvalue weighted by Crippen LogP contribution is 2.23. The number of carbonyl (C=O) groups is 1. The minimum Gasteiger partial charge on any atom is -0.308 e. The molecular formula is C17H19N5OS. The number of hydrogen-bond donors (Lipinski definition) is 1. The first-order valence-corrected chi connectivity index (χ1v) is 8.55. The number of aromatic nitrogens is 4. The zero-order valence-electron chi connectivity index (χ0n) is 13.9. The van der Waals surface area contributed by atoms with Crippen LogP contribution in [-0.2, 0) is 11.8 Å². The summed E-state index contributed by atoms with van der Waals surface area (Å²) < 4.78 is 3.66. The third kappa shape index (κ3) is 3.68. The molecule has 0 atom stereocenters. The van der Waals surface area contributed by atoms with Crippen LogP contribution in [-0.4, -0.2) is 31.0 Å². The Hall–Kier alpha value is -2.54. The average Bonchev–Trinajstić information content (AvgIpc) is 3.16. The predicted octanol–water partition coefficient (Wildman–Crippen LogP) is 2.95. The van der Waals surface area contributed by atoms with Crippen LogP contribution in [0.5, 0.6) is 0 Å². The van der Waals surface area contributed by atoms with E-state index in [1.807, 2.05) is 17.8 Å². The van der Waals surface area contributed by atoms with E-state index in [0.717, 1.165) is 10.8 Å². The number of imidazole rings is 1. The van der Waals surface area contributed by atoms with Gasteiger partial charge in [-0.25, -0.2) is 4.98 Å². The highest BCUT2D eigenvalue weighted by molar-refractivity contribution is 7.99. The average molecular weight is 341 g/mol. The standard InChI is InChI=1S/C17H19N5OS/c1-12-4-5-13(2)14(10-12)22-9-7-18-17(22)24-11-16(23)19-15-6-8-21(3)20-15/h4-10H,11H2,1-3H3,(H,19,20,23). The molecule has 124 valence electrons. The van der Waals surface area contributed by atoms with Crippen molar-refractivity contribution in [1.29, 1.82) is 0 Å². The van der Waals surface area contributed by atoms with E-state index in [0.29, 0.717) is 5.82 Å². The first kappa shape index (κ1) is 16.3. The fraction of sp³-hybridized carbons (Fsp3) is 0.235. The van der Waals surface area contributed by atoms with E-state index in [1.165, 1.54) is 22.9 Å². The van der Waals surface area contributed by atoms with Crippen LogP contribution in [0, 0.1) is 13.8 Å². The van der Waals surface area contributed by atoms with E-state index in [-0.39, 0.29) is 11.7 Å². The number of hydrogen-bond acceptors (Lipinski definition) is 4. The number of benzene rings is 1. The molecular weight excluding hydrogens is 322 g/mol. The fourth-order valence-corrected chi connectivity index (χ4v) is 3.12. The Kier molecular flexibility index (Phi) is 4.71. The molecule has 0 radical (unpaired) electrons. The van der Waals surface area contributed by atoms with Crippen molar-refractivity contribution in [3.05, 3.63) is 54.0 Å². The maximum absolute atomic E-state index is 12.1. The molecule has 2 heterocycles. The zero-order chi connectivity index (χ0) is 17.1. The third-order valence-corrected chi connectivity index (χ3v) is 4.51. The van der Waals surface area contributed by atoms with Gasteiger partial charge in [-0.2, -0.15) is 5.10 Å². The number of amides is 1. The van der Waals surface area contributed by atoms with Gasteiger partial charge in [-0.15, -0.1) is 0 Å². The quantitative estimate of drug-likeness (QED) is 0.725. The summed E-state index contributed by atoms with van der Waals surface area (Å²) in [6, 6.07) is 8.06. The van der Waals surface area contributed by atoms with Crippen LogP contribution in [0.3, 0.4) is 0 Å². The Morgan fingerprint density at radius 1 is 1.25 bits per heavy atom. The van der Waals surface area contributed by atoms with Crippen molar-refractivity contribution in [2.45, 2.75) is 19.0 Å². The van der Waals surface area contributed by atoms with Crippen LogP contribution in [0.4, 0.5) is 5.82 Å². The maximum atomic E-state index is 12.1. The maximum Gasteiger partial charge on any atom is 0.236 e. The van der Waals surface area contributed by atoms with Gasteiger partial charge in [0.05, 0.1) is 11.4 Å². The monoisotopic (exact) mass is 341 g/mol. The van der Waals surface area contributed by atoms with Gasteiger partial charge in [-0.1, -0.05) is 23.9 Å². The zero-order valence-corrected chi connectivity index (χ0v) is 14.7. The van der Waals surface area contributed by atoms with Gasteiger partial charge in [-0.05, 0) is 31.0 Å². The number of aryl methyl sites for hydroxylation is 3. The molecule has 0 unspecified atom stereocenters. The number of nitrogens with zero attached hydrogens (tertiary/aromatic N) is 4. The predicted molar refractivity (Wildman–Crippen MR) is 95.6 cm³/mol. The number of carbonyl (C=O) groups excluding carboxylic acids is 1. The van der Waals surface area contributed by atoms with Crippen molar-refractivity contribution >= 4 is 23.5 Å². The van der Waals surface area contributed by atoms with Crippen molar-refractivity contribution in [3.63, 3.8) is 0 Å². The third-order valence-electron chi connectivity index (χ3n) is 3.54. The summed E-state index contributed by atoms with van der Waals surface area (Å²) in [5.41, 5.74) is 3.44. The molecule has 7 heteroatoms. The number of anilines is 1. The Bertz CT molecular complexity index is 868. The normalized spacial score (nSPS) is 10.8. The van der Waals surface area contributed by atoms with E-state index in [4.69, 9.17) is 0 Å². The van der Waals surface area contributed by atoms with Crippen LogP contribution in [0.25, 0.3) is 5.69 Å². The molecule has 1 amide bonds. The van der Waals surface area contributed by atoms with Crippen LogP contribution in [0.15, 0.2) is 48.0 Å². The van der Waals surface area contributed by atoms with Crippen molar-refractivity contribution in [3.8, 4) is 5.69 Å². The van der Waals surface area contributed by atoms with E-state index < -0.39 is 0 Å². The summed E-state index contributed by atoms with van der Waals surface area (Å²) in [7, 11) is 1.81. The molecule has 0 aliphatic heterocycles. The lowest BCUT2D eigenvalue weighted by Gasteiger charge is -2.11. The molecule has 24 heavy (non-hydrogen) atoms. The van der Waals surface area contributed by atoms with Crippen molar-refractivity contribution in [2.24, 2.45) is 7.05 Å². The Morgan fingerprint density at radius 2 is 2.08 bits per heavy atom. The molecule has 0 aliphatic carbocycles. The van der Waals surface area contributed by atoms with Gasteiger partial charge in [0, 0.05) is 31.7 Å². The van der Waals surface area contributed by atoms with E-state index in [2.05, 4.69) is 47.4 Å². The van der Waals surface area contributed by atoms with Crippen LogP contribution in [0.2, 0.25) is 0 Å². The van der Waals surface area contributed by atoms with E-state index >= 15 is 0 Å². The molecule has 2 aromatic heterocycles. The first-order valence-electron chi connectivity index (χ1n) is 7.56. The highest BCUT2D eigenvalue weighted by atomic mass is 32.2. The molecule has 3 aromatic rings. The SMILES string of the molecule is Cc1ccc(C)c(-n2ccnc2SCC(=O)Nc2ccn(C)n2)c1. The van der Waals surface area contributed by atoms with Gasteiger partial charge in [0.2, 0.25) is 5.91 Å². The van der Waals surface area contributed by atoms with Crippen LogP contribution >= 0.6 is 11.8 Å². The molecule has 1 N–H and O–H groups in total. The van der Waals surface area contributed by atoms with Crippen molar-refractivity contribution < 1.29 is 4.79 Å². The van der Waals surface area contributed by atoms with Crippen LogP contribution < -0.4 is 5.32 Å². The minimum atomic E-state index is -0.103. The minimum absolute atomic E-state index is 0.103. The lowest BCUT2D eigenvalue weighted by molar-refractivity contribution is -0.113. The summed E-state index contributed by atoms with van der Waals surface area (Å²) in [4.78, 5) is 16.4. The van der Waals surface area contributed by atoms with Gasteiger partial charge < -0.3 is 5.32 Å². The van der Waals surface area contributed by atoms with Crippen molar-refractivity contribution in [2.75, 3.05) is 11.1 Å². The van der Waals surface area contributed by atoms with Gasteiger partial charge in [0.15, 0.2) is 11.0 Å². The number of thioether (sulfide) groups is 1. The first-order chi connectivity index (χ1) is 11.5. The summed E-state index contributed by atoms with van der Waals surface area (Å²) in [5.74, 6) is 0.730. The van der Waals surface area contributed by atoms with Gasteiger partial charge in [0.1, 0.15) is 0 Å².